The summed E-state index contributed by atoms with van der Waals surface area (Å²) in [7, 11) is 1.38. The minimum absolute atomic E-state index is 0.113. The van der Waals surface area contributed by atoms with Gasteiger partial charge in [0.05, 0.1) is 20.2 Å². The second kappa shape index (κ2) is 5.54. The van der Waals surface area contributed by atoms with Crippen LogP contribution in [0.15, 0.2) is 6.07 Å². The first-order chi connectivity index (χ1) is 10.1. The van der Waals surface area contributed by atoms with Crippen LogP contribution >= 0.6 is 0 Å². The zero-order valence-corrected chi connectivity index (χ0v) is 12.8. The van der Waals surface area contributed by atoms with E-state index >= 15 is 0 Å². The lowest BCUT2D eigenvalue weighted by Crippen LogP contribution is -2.56. The number of ether oxygens (including phenoxy) is 2. The van der Waals surface area contributed by atoms with Crippen LogP contribution in [0.2, 0.25) is 0 Å². The molecular formula is C13H18F2N4O3. The Morgan fingerprint density at radius 3 is 2.50 bits per heavy atom. The summed E-state index contributed by atoms with van der Waals surface area (Å²) in [6.45, 7) is 4.32. The van der Waals surface area contributed by atoms with E-state index in [1.807, 2.05) is 0 Å². The van der Waals surface area contributed by atoms with E-state index in [9.17, 15) is 13.6 Å². The van der Waals surface area contributed by atoms with Crippen molar-refractivity contribution in [3.63, 3.8) is 0 Å². The molecule has 7 nitrogen and oxygen atoms in total. The van der Waals surface area contributed by atoms with E-state index in [1.165, 1.54) is 18.1 Å². The van der Waals surface area contributed by atoms with Gasteiger partial charge in [0.2, 0.25) is 0 Å². The highest BCUT2D eigenvalue weighted by molar-refractivity contribution is 5.84. The summed E-state index contributed by atoms with van der Waals surface area (Å²) in [4.78, 5) is 13.0. The molecule has 2 heterocycles. The third-order valence-corrected chi connectivity index (χ3v) is 2.73. The number of halogens is 2. The van der Waals surface area contributed by atoms with Crippen LogP contribution in [0.1, 0.15) is 20.8 Å². The monoisotopic (exact) mass is 316 g/mol. The van der Waals surface area contributed by atoms with Crippen LogP contribution in [-0.2, 0) is 4.74 Å². The van der Waals surface area contributed by atoms with Gasteiger partial charge >= 0.3 is 6.09 Å². The molecule has 0 radical (unpaired) electrons. The molecule has 0 spiro atoms. The predicted molar refractivity (Wildman–Crippen MR) is 75.6 cm³/mol. The first-order valence-corrected chi connectivity index (χ1v) is 6.64. The maximum Gasteiger partial charge on any atom is 0.413 e. The second-order valence-corrected chi connectivity index (χ2v) is 5.96. The number of methoxy groups -OCH3 is 1. The Bertz CT molecular complexity index is 567. The van der Waals surface area contributed by atoms with Crippen LogP contribution < -0.4 is 15.0 Å². The number of alkyl halides is 2. The summed E-state index contributed by atoms with van der Waals surface area (Å²) in [6, 6.07) is 1.41. The lowest BCUT2D eigenvalue weighted by molar-refractivity contribution is -0.0269. The fourth-order valence-electron chi connectivity index (χ4n) is 1.87. The molecule has 9 heteroatoms. The van der Waals surface area contributed by atoms with E-state index in [0.717, 1.165) is 0 Å². The predicted octanol–water partition coefficient (Wildman–Crippen LogP) is 2.29. The summed E-state index contributed by atoms with van der Waals surface area (Å²) in [5.74, 6) is -2.15. The lowest BCUT2D eigenvalue weighted by atomic mass is 10.1. The molecule has 0 unspecified atom stereocenters. The Morgan fingerprint density at radius 2 is 2.00 bits per heavy atom. The molecule has 1 aromatic rings. The first kappa shape index (κ1) is 16.2. The van der Waals surface area contributed by atoms with Crippen LogP contribution in [0.3, 0.4) is 0 Å². The quantitative estimate of drug-likeness (QED) is 0.922. The summed E-state index contributed by atoms with van der Waals surface area (Å²) >= 11 is 0. The molecule has 0 atom stereocenters. The third-order valence-electron chi connectivity index (χ3n) is 2.73. The number of carbonyl (C=O) groups excluding carboxylic acids is 1. The summed E-state index contributed by atoms with van der Waals surface area (Å²) in [5.41, 5.74) is -0.648. The number of anilines is 2. The van der Waals surface area contributed by atoms with Crippen molar-refractivity contribution in [3.05, 3.63) is 6.07 Å². The van der Waals surface area contributed by atoms with Gasteiger partial charge in [0, 0.05) is 6.07 Å². The largest absolute Gasteiger partial charge is 0.493 e. The number of nitrogens with one attached hydrogen (secondary N) is 1. The first-order valence-electron chi connectivity index (χ1n) is 6.64. The molecule has 1 aliphatic heterocycles. The standard InChI is InChI=1S/C13H18F2N4O3/c1-12(2,3)22-11(20)16-9-5-8(21-4)10(18-17-9)19-6-13(14,15)7-19/h5H,6-7H2,1-4H3,(H,16,17,20). The number of hydrogen-bond donors (Lipinski definition) is 1. The van der Waals surface area contributed by atoms with Crippen molar-refractivity contribution < 1.29 is 23.0 Å². The van der Waals surface area contributed by atoms with Gasteiger partial charge in [-0.1, -0.05) is 0 Å². The summed E-state index contributed by atoms with van der Waals surface area (Å²) in [6.07, 6.45) is -0.688. The van der Waals surface area contributed by atoms with Crippen LogP contribution in [-0.4, -0.2) is 48.0 Å². The number of nitrogens with zero attached hydrogens (tertiary/aromatic N) is 3. The van der Waals surface area contributed by atoms with E-state index in [2.05, 4.69) is 15.5 Å². The molecule has 2 rings (SSSR count). The highest BCUT2D eigenvalue weighted by Crippen LogP contribution is 2.36. The van der Waals surface area contributed by atoms with Gasteiger partial charge in [-0.05, 0) is 20.8 Å². The van der Waals surface area contributed by atoms with Crippen molar-refractivity contribution >= 4 is 17.7 Å². The smallest absolute Gasteiger partial charge is 0.413 e. The van der Waals surface area contributed by atoms with Crippen molar-refractivity contribution in [1.29, 1.82) is 0 Å². The minimum atomic E-state index is -2.72. The Kier molecular flexibility index (Phi) is 4.08. The average molecular weight is 316 g/mol. The average Bonchev–Trinajstić information content (AvgIpc) is 2.33. The van der Waals surface area contributed by atoms with Gasteiger partial charge in [-0.3, -0.25) is 5.32 Å². The second-order valence-electron chi connectivity index (χ2n) is 5.96. The molecule has 22 heavy (non-hydrogen) atoms. The van der Waals surface area contributed by atoms with Crippen LogP contribution in [0.5, 0.6) is 5.75 Å². The maximum absolute atomic E-state index is 12.9. The highest BCUT2D eigenvalue weighted by atomic mass is 19.3. The number of hydrogen-bond acceptors (Lipinski definition) is 6. The van der Waals surface area contributed by atoms with Gasteiger partial charge in [-0.25, -0.2) is 13.6 Å². The number of aromatic nitrogens is 2. The summed E-state index contributed by atoms with van der Waals surface area (Å²) < 4.78 is 36.0. The van der Waals surface area contributed by atoms with E-state index in [0.29, 0.717) is 0 Å². The fraction of sp³-hybridized carbons (Fsp3) is 0.615. The number of carbonyl (C=O) groups is 1. The SMILES string of the molecule is COc1cc(NC(=O)OC(C)(C)C)nnc1N1CC(F)(F)C1. The molecule has 0 aliphatic carbocycles. The van der Waals surface area contributed by atoms with Crippen LogP contribution in [0.4, 0.5) is 25.2 Å². The molecule has 1 amide bonds. The van der Waals surface area contributed by atoms with Gasteiger partial charge in [-0.15, -0.1) is 10.2 Å². The number of rotatable bonds is 3. The van der Waals surface area contributed by atoms with Crippen LogP contribution in [0, 0.1) is 0 Å². The van der Waals surface area contributed by atoms with Crippen molar-refractivity contribution in [1.82, 2.24) is 10.2 Å². The van der Waals surface area contributed by atoms with Gasteiger partial charge in [0.15, 0.2) is 17.4 Å². The van der Waals surface area contributed by atoms with E-state index in [4.69, 9.17) is 9.47 Å². The van der Waals surface area contributed by atoms with Gasteiger partial charge < -0.3 is 14.4 Å². The van der Waals surface area contributed by atoms with E-state index < -0.39 is 30.7 Å². The van der Waals surface area contributed by atoms with Crippen LogP contribution in [0.25, 0.3) is 0 Å². The van der Waals surface area contributed by atoms with Crippen molar-refractivity contribution in [2.24, 2.45) is 0 Å². The minimum Gasteiger partial charge on any atom is -0.493 e. The summed E-state index contributed by atoms with van der Waals surface area (Å²) in [5, 5.41) is 10.0. The van der Waals surface area contributed by atoms with Crippen molar-refractivity contribution in [2.75, 3.05) is 30.4 Å². The zero-order valence-electron chi connectivity index (χ0n) is 12.8. The fourth-order valence-corrected chi connectivity index (χ4v) is 1.87. The Labute approximate surface area is 126 Å². The third kappa shape index (κ3) is 3.92. The van der Waals surface area contributed by atoms with Gasteiger partial charge in [-0.2, -0.15) is 0 Å². The normalized spacial score (nSPS) is 16.7. The zero-order chi connectivity index (χ0) is 16.5. The molecular weight excluding hydrogens is 298 g/mol. The lowest BCUT2D eigenvalue weighted by Gasteiger charge is -2.39. The van der Waals surface area contributed by atoms with Gasteiger partial charge in [0.25, 0.3) is 5.92 Å². The maximum atomic E-state index is 12.9. The molecule has 0 bridgehead atoms. The Morgan fingerprint density at radius 1 is 1.36 bits per heavy atom. The Hall–Kier alpha value is -2.19. The van der Waals surface area contributed by atoms with Gasteiger partial charge in [0.1, 0.15) is 5.60 Å². The Balaban J connectivity index is 2.08. The molecule has 1 aromatic heterocycles. The number of amides is 1. The van der Waals surface area contributed by atoms with E-state index in [-0.39, 0.29) is 17.4 Å². The van der Waals surface area contributed by atoms with Crippen molar-refractivity contribution in [2.45, 2.75) is 32.3 Å². The highest BCUT2D eigenvalue weighted by Gasteiger charge is 2.45. The van der Waals surface area contributed by atoms with E-state index in [1.54, 1.807) is 20.8 Å². The molecule has 1 fully saturated rings. The molecule has 0 saturated carbocycles. The van der Waals surface area contributed by atoms with Crippen molar-refractivity contribution in [3.8, 4) is 5.75 Å². The molecule has 1 saturated heterocycles. The molecule has 1 N–H and O–H groups in total. The molecule has 1 aliphatic rings. The molecule has 122 valence electrons. The topological polar surface area (TPSA) is 76.6 Å². The molecule has 0 aromatic carbocycles.